The van der Waals surface area contributed by atoms with Gasteiger partial charge < -0.3 is 19.4 Å². The molecule has 3 fully saturated rings. The van der Waals surface area contributed by atoms with Crippen molar-refractivity contribution in [2.75, 3.05) is 62.2 Å². The van der Waals surface area contributed by atoms with Crippen LogP contribution in [0.1, 0.15) is 52.0 Å². The highest BCUT2D eigenvalue weighted by Gasteiger charge is 2.41. The van der Waals surface area contributed by atoms with Crippen LogP contribution in [0.5, 0.6) is 0 Å². The Morgan fingerprint density at radius 2 is 1.61 bits per heavy atom. The molecular weight excluding hydrogens is 537 g/mol. The molecule has 0 saturated carbocycles. The summed E-state index contributed by atoms with van der Waals surface area (Å²) in [5.74, 6) is -0.651. The molecule has 41 heavy (non-hydrogen) atoms. The molecule has 2 aromatic rings. The van der Waals surface area contributed by atoms with E-state index >= 15 is 0 Å². The number of alkyl halides is 3. The van der Waals surface area contributed by atoms with Crippen molar-refractivity contribution in [1.29, 1.82) is 0 Å². The third kappa shape index (κ3) is 5.39. The molecule has 0 spiro atoms. The molecule has 8 nitrogen and oxygen atoms in total. The van der Waals surface area contributed by atoms with Crippen molar-refractivity contribution < 1.29 is 32.3 Å². The van der Waals surface area contributed by atoms with Gasteiger partial charge in [-0.05, 0) is 56.0 Å². The first-order chi connectivity index (χ1) is 19.7. The lowest BCUT2D eigenvalue weighted by molar-refractivity contribution is -0.137. The second-order valence-electron chi connectivity index (χ2n) is 11.2. The van der Waals surface area contributed by atoms with Crippen LogP contribution in [0.25, 0.3) is 0 Å². The van der Waals surface area contributed by atoms with Crippen molar-refractivity contribution in [3.05, 3.63) is 59.2 Å². The van der Waals surface area contributed by atoms with Gasteiger partial charge in [0.15, 0.2) is 0 Å². The molecule has 1 unspecified atom stereocenters. The van der Waals surface area contributed by atoms with E-state index in [-0.39, 0.29) is 36.3 Å². The number of halogens is 3. The predicted octanol–water partition coefficient (Wildman–Crippen LogP) is 4.05. The molecule has 6 rings (SSSR count). The third-order valence-corrected chi connectivity index (χ3v) is 8.70. The van der Waals surface area contributed by atoms with Crippen LogP contribution in [0.4, 0.5) is 24.5 Å². The molecule has 4 heterocycles. The Bertz CT molecular complexity index is 1330. The van der Waals surface area contributed by atoms with Crippen LogP contribution in [0, 0.1) is 5.92 Å². The van der Waals surface area contributed by atoms with Crippen LogP contribution in [-0.4, -0.2) is 86.0 Å². The molecule has 3 saturated heterocycles. The lowest BCUT2D eigenvalue weighted by atomic mass is 9.93. The molecule has 4 aliphatic rings. The highest BCUT2D eigenvalue weighted by Crippen LogP contribution is 2.35. The first-order valence-corrected chi connectivity index (χ1v) is 14.3. The molecule has 1 atom stereocenters. The zero-order valence-electron chi connectivity index (χ0n) is 22.7. The Labute approximate surface area is 236 Å². The lowest BCUT2D eigenvalue weighted by Gasteiger charge is -2.40. The summed E-state index contributed by atoms with van der Waals surface area (Å²) in [6.07, 6.45) is -1.50. The van der Waals surface area contributed by atoms with E-state index in [2.05, 4.69) is 4.90 Å². The number of imide groups is 1. The first-order valence-electron chi connectivity index (χ1n) is 14.3. The fourth-order valence-electron chi connectivity index (χ4n) is 6.43. The van der Waals surface area contributed by atoms with E-state index in [0.29, 0.717) is 75.5 Å². The molecular formula is C30H33F3N4O4. The summed E-state index contributed by atoms with van der Waals surface area (Å²) >= 11 is 0. The van der Waals surface area contributed by atoms with E-state index in [1.807, 2.05) is 15.9 Å². The summed E-state index contributed by atoms with van der Waals surface area (Å²) < 4.78 is 45.0. The number of nitrogens with zero attached hydrogens (tertiary/aromatic N) is 4. The second kappa shape index (κ2) is 11.0. The van der Waals surface area contributed by atoms with Crippen molar-refractivity contribution in [3.8, 4) is 0 Å². The second-order valence-corrected chi connectivity index (χ2v) is 11.2. The van der Waals surface area contributed by atoms with Gasteiger partial charge in [-0.15, -0.1) is 0 Å². The zero-order chi connectivity index (χ0) is 28.7. The molecule has 0 bridgehead atoms. The predicted molar refractivity (Wildman–Crippen MR) is 146 cm³/mol. The number of amides is 3. The van der Waals surface area contributed by atoms with Crippen molar-refractivity contribution >= 4 is 29.1 Å². The van der Waals surface area contributed by atoms with Crippen LogP contribution >= 0.6 is 0 Å². The van der Waals surface area contributed by atoms with E-state index in [9.17, 15) is 27.6 Å². The Morgan fingerprint density at radius 1 is 0.878 bits per heavy atom. The van der Waals surface area contributed by atoms with Gasteiger partial charge in [0.1, 0.15) is 0 Å². The average Bonchev–Trinajstić information content (AvgIpc) is 3.59. The number of ether oxygens (including phenoxy) is 1. The maximum atomic E-state index is 13.3. The number of piperidine rings is 1. The number of hydrogen-bond donors (Lipinski definition) is 0. The normalized spacial score (nSPS) is 22.1. The van der Waals surface area contributed by atoms with E-state index in [1.165, 1.54) is 11.0 Å². The summed E-state index contributed by atoms with van der Waals surface area (Å²) in [6.45, 7) is 3.95. The van der Waals surface area contributed by atoms with Crippen molar-refractivity contribution in [2.24, 2.45) is 5.92 Å². The molecule has 0 radical (unpaired) electrons. The topological polar surface area (TPSA) is 73.4 Å². The molecule has 0 aromatic heterocycles. The van der Waals surface area contributed by atoms with Gasteiger partial charge in [0, 0.05) is 57.5 Å². The minimum Gasteiger partial charge on any atom is -0.376 e. The van der Waals surface area contributed by atoms with Crippen LogP contribution in [0.2, 0.25) is 0 Å². The van der Waals surface area contributed by atoms with Crippen molar-refractivity contribution in [1.82, 2.24) is 9.80 Å². The number of carbonyl (C=O) groups is 3. The summed E-state index contributed by atoms with van der Waals surface area (Å²) in [7, 11) is 0. The van der Waals surface area contributed by atoms with Gasteiger partial charge in [0.2, 0.25) is 5.91 Å². The van der Waals surface area contributed by atoms with Crippen molar-refractivity contribution in [3.63, 3.8) is 0 Å². The lowest BCUT2D eigenvalue weighted by Crippen LogP contribution is -2.51. The third-order valence-electron chi connectivity index (χ3n) is 8.70. The van der Waals surface area contributed by atoms with Gasteiger partial charge >= 0.3 is 6.18 Å². The van der Waals surface area contributed by atoms with Gasteiger partial charge in [-0.2, -0.15) is 13.2 Å². The van der Waals surface area contributed by atoms with Crippen molar-refractivity contribution in [2.45, 2.75) is 38.0 Å². The van der Waals surface area contributed by atoms with E-state index in [0.717, 1.165) is 30.7 Å². The van der Waals surface area contributed by atoms with Gasteiger partial charge in [-0.25, -0.2) is 0 Å². The number of piperazine rings is 1. The number of rotatable bonds is 5. The Hall–Kier alpha value is -3.60. The minimum atomic E-state index is -4.39. The summed E-state index contributed by atoms with van der Waals surface area (Å²) in [4.78, 5) is 46.8. The Morgan fingerprint density at radius 3 is 2.29 bits per heavy atom. The highest BCUT2D eigenvalue weighted by molar-refractivity contribution is 6.23. The highest BCUT2D eigenvalue weighted by atomic mass is 19.4. The van der Waals surface area contributed by atoms with E-state index in [1.54, 1.807) is 18.2 Å². The number of fused-ring (bicyclic) bond motifs is 1. The average molecular weight is 571 g/mol. The quantitative estimate of drug-likeness (QED) is 0.506. The summed E-state index contributed by atoms with van der Waals surface area (Å²) in [5, 5.41) is 0. The van der Waals surface area contributed by atoms with Gasteiger partial charge in [0.05, 0.1) is 35.0 Å². The number of carbonyl (C=O) groups excluding carboxylic acids is 3. The number of hydrogen-bond acceptors (Lipinski definition) is 6. The zero-order valence-corrected chi connectivity index (χ0v) is 22.7. The molecule has 2 aromatic carbocycles. The van der Waals surface area contributed by atoms with Crippen LogP contribution in [0.3, 0.4) is 0 Å². The van der Waals surface area contributed by atoms with E-state index in [4.69, 9.17) is 4.74 Å². The largest absolute Gasteiger partial charge is 0.416 e. The maximum Gasteiger partial charge on any atom is 0.416 e. The molecule has 0 aliphatic carbocycles. The SMILES string of the molecule is O=C(C1CCN(c2cccc3c2C(=O)N(CC2CCCO2)C3=O)CC1)N1CCN(c2cccc(C(F)(F)F)c2)CC1. The molecule has 0 N–H and O–H groups in total. The fourth-order valence-corrected chi connectivity index (χ4v) is 6.43. The Balaban J connectivity index is 1.05. The minimum absolute atomic E-state index is 0.0700. The van der Waals surface area contributed by atoms with Crippen LogP contribution in [0.15, 0.2) is 42.5 Å². The van der Waals surface area contributed by atoms with Gasteiger partial charge in [-0.1, -0.05) is 12.1 Å². The monoisotopic (exact) mass is 570 g/mol. The standard InChI is InChI=1S/C30H33F3N4O4/c31-30(32,33)21-4-1-5-22(18-21)34-13-15-36(16-14-34)27(38)20-9-11-35(12-10-20)25-8-2-7-24-26(25)29(40)37(28(24)39)19-23-6-3-17-41-23/h1-2,4-5,7-8,18,20,23H,3,6,9-17,19H2. The Kier molecular flexibility index (Phi) is 7.39. The number of benzene rings is 2. The molecule has 218 valence electrons. The number of anilines is 2. The first kappa shape index (κ1) is 27.6. The van der Waals surface area contributed by atoms with Crippen LogP contribution < -0.4 is 9.80 Å². The summed E-state index contributed by atoms with van der Waals surface area (Å²) in [5.41, 5.74) is 1.42. The maximum absolute atomic E-state index is 13.3. The fraction of sp³-hybridized carbons (Fsp3) is 0.500. The van der Waals surface area contributed by atoms with Gasteiger partial charge in [0.25, 0.3) is 11.8 Å². The van der Waals surface area contributed by atoms with E-state index < -0.39 is 11.7 Å². The smallest absolute Gasteiger partial charge is 0.376 e. The van der Waals surface area contributed by atoms with Gasteiger partial charge in [-0.3, -0.25) is 19.3 Å². The van der Waals surface area contributed by atoms with Crippen LogP contribution in [-0.2, 0) is 15.7 Å². The molecule has 3 amide bonds. The molecule has 4 aliphatic heterocycles. The molecule has 11 heteroatoms. The summed E-state index contributed by atoms with van der Waals surface area (Å²) in [6, 6.07) is 10.7.